The predicted octanol–water partition coefficient (Wildman–Crippen LogP) is 4.30. The molecule has 0 aromatic heterocycles. The van der Waals surface area contributed by atoms with Gasteiger partial charge in [-0.05, 0) is 70.0 Å². The lowest BCUT2D eigenvalue weighted by Gasteiger charge is -2.43. The van der Waals surface area contributed by atoms with E-state index < -0.39 is 0 Å². The van der Waals surface area contributed by atoms with Crippen LogP contribution in [-0.2, 0) is 0 Å². The SMILES string of the molecule is CC.CN(C1CCNCC1)C1CCC(C(C)(C)C)CC1. The molecule has 0 unspecified atom stereocenters. The zero-order chi connectivity index (χ0) is 15.2. The van der Waals surface area contributed by atoms with E-state index in [0.29, 0.717) is 5.41 Å². The minimum absolute atomic E-state index is 0.512. The zero-order valence-corrected chi connectivity index (χ0v) is 14.8. The molecule has 0 amide bonds. The van der Waals surface area contributed by atoms with Crippen LogP contribution in [0.2, 0.25) is 0 Å². The van der Waals surface area contributed by atoms with Crippen LogP contribution in [-0.4, -0.2) is 37.1 Å². The molecule has 0 spiro atoms. The number of hydrogen-bond acceptors (Lipinski definition) is 2. The van der Waals surface area contributed by atoms with Gasteiger partial charge in [0.2, 0.25) is 0 Å². The molecular weight excluding hydrogens is 244 g/mol. The van der Waals surface area contributed by atoms with Crippen LogP contribution in [0.5, 0.6) is 0 Å². The quantitative estimate of drug-likeness (QED) is 0.812. The molecule has 1 saturated carbocycles. The van der Waals surface area contributed by atoms with Gasteiger partial charge in [-0.1, -0.05) is 34.6 Å². The van der Waals surface area contributed by atoms with Gasteiger partial charge in [0.05, 0.1) is 0 Å². The molecule has 0 atom stereocenters. The van der Waals surface area contributed by atoms with Crippen LogP contribution < -0.4 is 5.32 Å². The molecule has 2 heteroatoms. The van der Waals surface area contributed by atoms with Crippen molar-refractivity contribution < 1.29 is 0 Å². The first-order valence-electron chi connectivity index (χ1n) is 8.91. The molecule has 0 aromatic carbocycles. The van der Waals surface area contributed by atoms with Gasteiger partial charge in [0.25, 0.3) is 0 Å². The summed E-state index contributed by atoms with van der Waals surface area (Å²) in [4.78, 5) is 2.71. The van der Waals surface area contributed by atoms with Gasteiger partial charge in [-0.2, -0.15) is 0 Å². The van der Waals surface area contributed by atoms with Crippen molar-refractivity contribution in [2.45, 2.75) is 85.2 Å². The Kier molecular flexibility index (Phi) is 7.53. The highest BCUT2D eigenvalue weighted by molar-refractivity contribution is 4.87. The van der Waals surface area contributed by atoms with Crippen LogP contribution in [0.1, 0.15) is 73.1 Å². The van der Waals surface area contributed by atoms with E-state index in [1.807, 2.05) is 13.8 Å². The molecule has 2 nitrogen and oxygen atoms in total. The van der Waals surface area contributed by atoms with E-state index in [2.05, 4.69) is 38.0 Å². The maximum absolute atomic E-state index is 3.47. The van der Waals surface area contributed by atoms with E-state index >= 15 is 0 Å². The minimum Gasteiger partial charge on any atom is -0.317 e. The number of hydrogen-bond donors (Lipinski definition) is 1. The molecule has 2 rings (SSSR count). The number of nitrogens with zero attached hydrogens (tertiary/aromatic N) is 1. The molecular formula is C18H38N2. The van der Waals surface area contributed by atoms with Crippen LogP contribution in [0.15, 0.2) is 0 Å². The summed E-state index contributed by atoms with van der Waals surface area (Å²) in [6.45, 7) is 13.7. The fourth-order valence-corrected chi connectivity index (χ4v) is 3.86. The molecule has 120 valence electrons. The first-order valence-corrected chi connectivity index (χ1v) is 8.91. The Labute approximate surface area is 127 Å². The van der Waals surface area contributed by atoms with Crippen molar-refractivity contribution in [2.24, 2.45) is 11.3 Å². The summed E-state index contributed by atoms with van der Waals surface area (Å²) in [5.41, 5.74) is 0.512. The minimum atomic E-state index is 0.512. The zero-order valence-electron chi connectivity index (χ0n) is 14.8. The summed E-state index contributed by atoms with van der Waals surface area (Å²) in [5, 5.41) is 3.47. The molecule has 0 radical (unpaired) electrons. The average Bonchev–Trinajstić information content (AvgIpc) is 2.49. The van der Waals surface area contributed by atoms with Crippen LogP contribution in [0.25, 0.3) is 0 Å². The van der Waals surface area contributed by atoms with E-state index in [4.69, 9.17) is 0 Å². The fraction of sp³-hybridized carbons (Fsp3) is 1.00. The molecule has 1 N–H and O–H groups in total. The Balaban J connectivity index is 0.000000956. The first kappa shape index (κ1) is 18.0. The third-order valence-corrected chi connectivity index (χ3v) is 5.38. The highest BCUT2D eigenvalue weighted by Crippen LogP contribution is 2.39. The molecule has 1 aliphatic heterocycles. The van der Waals surface area contributed by atoms with Crippen molar-refractivity contribution in [1.29, 1.82) is 0 Å². The van der Waals surface area contributed by atoms with Crippen LogP contribution >= 0.6 is 0 Å². The largest absolute Gasteiger partial charge is 0.317 e. The topological polar surface area (TPSA) is 15.3 Å². The third kappa shape index (κ3) is 5.04. The molecule has 2 fully saturated rings. The summed E-state index contributed by atoms with van der Waals surface area (Å²) in [5.74, 6) is 0.940. The smallest absolute Gasteiger partial charge is 0.0119 e. The normalized spacial score (nSPS) is 28.9. The van der Waals surface area contributed by atoms with Crippen molar-refractivity contribution >= 4 is 0 Å². The Morgan fingerprint density at radius 1 is 0.800 bits per heavy atom. The number of piperidine rings is 1. The molecule has 0 bridgehead atoms. The van der Waals surface area contributed by atoms with Gasteiger partial charge in [-0.3, -0.25) is 0 Å². The lowest BCUT2D eigenvalue weighted by molar-refractivity contribution is 0.0749. The van der Waals surface area contributed by atoms with Gasteiger partial charge < -0.3 is 10.2 Å². The Bertz CT molecular complexity index is 243. The van der Waals surface area contributed by atoms with Crippen LogP contribution in [0, 0.1) is 11.3 Å². The van der Waals surface area contributed by atoms with E-state index in [-0.39, 0.29) is 0 Å². The Hall–Kier alpha value is -0.0800. The van der Waals surface area contributed by atoms with Gasteiger partial charge in [0.1, 0.15) is 0 Å². The summed E-state index contributed by atoms with van der Waals surface area (Å²) in [6, 6.07) is 1.69. The van der Waals surface area contributed by atoms with E-state index in [0.717, 1.165) is 18.0 Å². The van der Waals surface area contributed by atoms with Crippen molar-refractivity contribution in [2.75, 3.05) is 20.1 Å². The van der Waals surface area contributed by atoms with E-state index in [1.165, 1.54) is 51.6 Å². The number of nitrogens with one attached hydrogen (secondary N) is 1. The van der Waals surface area contributed by atoms with Gasteiger partial charge in [-0.25, -0.2) is 0 Å². The maximum atomic E-state index is 3.47. The predicted molar refractivity (Wildman–Crippen MR) is 90.2 cm³/mol. The molecule has 1 aliphatic carbocycles. The maximum Gasteiger partial charge on any atom is 0.0119 e. The second kappa shape index (κ2) is 8.38. The Morgan fingerprint density at radius 3 is 1.70 bits per heavy atom. The summed E-state index contributed by atoms with van der Waals surface area (Å²) in [7, 11) is 2.37. The van der Waals surface area contributed by atoms with Crippen molar-refractivity contribution in [3.8, 4) is 0 Å². The molecule has 0 aromatic rings. The Morgan fingerprint density at radius 2 is 1.25 bits per heavy atom. The van der Waals surface area contributed by atoms with Crippen molar-refractivity contribution in [1.82, 2.24) is 10.2 Å². The van der Waals surface area contributed by atoms with Crippen molar-refractivity contribution in [3.05, 3.63) is 0 Å². The standard InChI is InChI=1S/C16H32N2.C2H6/c1-16(2,3)13-5-7-14(8-6-13)18(4)15-9-11-17-12-10-15;1-2/h13-15,17H,5-12H2,1-4H3;1-2H3. The summed E-state index contributed by atoms with van der Waals surface area (Å²) >= 11 is 0. The summed E-state index contributed by atoms with van der Waals surface area (Å²) in [6.07, 6.45) is 8.39. The van der Waals surface area contributed by atoms with Crippen molar-refractivity contribution in [3.63, 3.8) is 0 Å². The lowest BCUT2D eigenvalue weighted by Crippen LogP contribution is -2.47. The molecule has 1 saturated heterocycles. The van der Waals surface area contributed by atoms with Gasteiger partial charge >= 0.3 is 0 Å². The van der Waals surface area contributed by atoms with Gasteiger partial charge in [0.15, 0.2) is 0 Å². The second-order valence-electron chi connectivity index (χ2n) is 7.52. The first-order chi connectivity index (χ1) is 9.48. The van der Waals surface area contributed by atoms with E-state index in [9.17, 15) is 0 Å². The van der Waals surface area contributed by atoms with Gasteiger partial charge in [-0.15, -0.1) is 0 Å². The monoisotopic (exact) mass is 282 g/mol. The van der Waals surface area contributed by atoms with Crippen LogP contribution in [0.3, 0.4) is 0 Å². The molecule has 1 heterocycles. The number of rotatable bonds is 2. The second-order valence-corrected chi connectivity index (χ2v) is 7.52. The highest BCUT2D eigenvalue weighted by Gasteiger charge is 2.32. The summed E-state index contributed by atoms with van der Waals surface area (Å²) < 4.78 is 0. The lowest BCUT2D eigenvalue weighted by atomic mass is 9.71. The molecule has 2 aliphatic rings. The van der Waals surface area contributed by atoms with Crippen LogP contribution in [0.4, 0.5) is 0 Å². The third-order valence-electron chi connectivity index (χ3n) is 5.38. The average molecular weight is 283 g/mol. The van der Waals surface area contributed by atoms with Gasteiger partial charge in [0, 0.05) is 12.1 Å². The molecule has 20 heavy (non-hydrogen) atoms. The van der Waals surface area contributed by atoms with E-state index in [1.54, 1.807) is 0 Å². The highest BCUT2D eigenvalue weighted by atomic mass is 15.2. The fourth-order valence-electron chi connectivity index (χ4n) is 3.86.